The minimum Gasteiger partial charge on any atom is -0.308 e. The van der Waals surface area contributed by atoms with Gasteiger partial charge in [-0.3, -0.25) is 0 Å². The topological polar surface area (TPSA) is 3.24 Å². The van der Waals surface area contributed by atoms with Crippen molar-refractivity contribution in [3.63, 3.8) is 0 Å². The Morgan fingerprint density at radius 1 is 0.276 bits per heavy atom. The van der Waals surface area contributed by atoms with E-state index >= 15 is 0 Å². The van der Waals surface area contributed by atoms with Crippen LogP contribution in [0.5, 0.6) is 0 Å². The predicted octanol–water partition coefficient (Wildman–Crippen LogP) is 16.6. The average molecular weight is 754 g/mol. The second-order valence-corrected chi connectivity index (χ2v) is 16.2. The molecule has 0 fully saturated rings. The molecule has 0 spiro atoms. The molecule has 0 aliphatic rings. The monoisotopic (exact) mass is 753 g/mol. The van der Waals surface area contributed by atoms with Crippen molar-refractivity contribution in [3.05, 3.63) is 212 Å². The van der Waals surface area contributed by atoms with Crippen LogP contribution in [0.3, 0.4) is 0 Å². The summed E-state index contributed by atoms with van der Waals surface area (Å²) in [6, 6.07) is 78.3. The molecule has 0 saturated heterocycles. The fourth-order valence-electron chi connectivity index (χ4n) is 9.35. The van der Waals surface area contributed by atoms with Crippen molar-refractivity contribution in [2.45, 2.75) is 0 Å². The Morgan fingerprint density at radius 3 is 1.64 bits per heavy atom. The summed E-state index contributed by atoms with van der Waals surface area (Å²) in [5.74, 6) is 0. The highest BCUT2D eigenvalue weighted by molar-refractivity contribution is 7.27. The van der Waals surface area contributed by atoms with Crippen LogP contribution in [0.2, 0.25) is 0 Å². The highest BCUT2D eigenvalue weighted by atomic mass is 32.1. The summed E-state index contributed by atoms with van der Waals surface area (Å²) >= 11 is 1.90. The normalized spacial score (nSPS) is 11.8. The van der Waals surface area contributed by atoms with E-state index in [-0.39, 0.29) is 0 Å². The second kappa shape index (κ2) is 13.2. The molecule has 1 aromatic heterocycles. The number of fused-ring (bicyclic) bond motifs is 10. The standard InChI is InChI=1S/C56H35NS/c1-4-17-41-36(13-1)16-11-24-42(41)38-27-30-40(31-28-38)57(54-26-12-25-50-51-32-29-37-14-2-6-19-44(37)55(51)58-56(50)54)53-34-33-48(46-21-9-10-23-49(46)53)52-35-39-15-3-5-18-43(39)45-20-7-8-22-47(45)52/h1-35H. The van der Waals surface area contributed by atoms with Gasteiger partial charge in [0.05, 0.1) is 16.1 Å². The number of hydrogen-bond acceptors (Lipinski definition) is 2. The molecule has 0 saturated carbocycles. The average Bonchev–Trinajstić information content (AvgIpc) is 3.69. The van der Waals surface area contributed by atoms with Gasteiger partial charge in [-0.1, -0.05) is 182 Å². The molecule has 2 heteroatoms. The fourth-order valence-corrected chi connectivity index (χ4v) is 10.7. The lowest BCUT2D eigenvalue weighted by molar-refractivity contribution is 1.32. The molecule has 0 N–H and O–H groups in total. The zero-order valence-corrected chi connectivity index (χ0v) is 32.4. The van der Waals surface area contributed by atoms with Crippen LogP contribution < -0.4 is 4.90 Å². The van der Waals surface area contributed by atoms with Gasteiger partial charge in [0, 0.05) is 26.5 Å². The number of anilines is 3. The zero-order chi connectivity index (χ0) is 38.2. The minimum absolute atomic E-state index is 1.12. The molecular weight excluding hydrogens is 719 g/mol. The lowest BCUT2D eigenvalue weighted by atomic mass is 9.90. The Balaban J connectivity index is 1.11. The number of nitrogens with zero attached hydrogens (tertiary/aromatic N) is 1. The predicted molar refractivity (Wildman–Crippen MR) is 252 cm³/mol. The third-order valence-electron chi connectivity index (χ3n) is 12.0. The van der Waals surface area contributed by atoms with E-state index in [1.54, 1.807) is 0 Å². The summed E-state index contributed by atoms with van der Waals surface area (Å²) in [4.78, 5) is 2.50. The van der Waals surface area contributed by atoms with Gasteiger partial charge in [-0.25, -0.2) is 0 Å². The second-order valence-electron chi connectivity index (χ2n) is 15.2. The van der Waals surface area contributed by atoms with Gasteiger partial charge in [0.25, 0.3) is 0 Å². The fraction of sp³-hybridized carbons (Fsp3) is 0. The Morgan fingerprint density at radius 2 is 0.845 bits per heavy atom. The van der Waals surface area contributed by atoms with Crippen LogP contribution >= 0.6 is 11.3 Å². The van der Waals surface area contributed by atoms with Crippen molar-refractivity contribution in [1.82, 2.24) is 0 Å². The van der Waals surface area contributed by atoms with E-state index in [1.165, 1.54) is 102 Å². The maximum absolute atomic E-state index is 2.50. The number of benzene rings is 11. The maximum Gasteiger partial charge on any atom is 0.0640 e. The summed E-state index contributed by atoms with van der Waals surface area (Å²) < 4.78 is 2.61. The molecule has 58 heavy (non-hydrogen) atoms. The number of rotatable bonds is 5. The van der Waals surface area contributed by atoms with Gasteiger partial charge < -0.3 is 4.90 Å². The Kier molecular flexibility index (Phi) is 7.47. The SMILES string of the molecule is c1ccc2c(-c3ccc(N(c4ccc(-c5cc6ccccc6c6ccccc56)c5ccccc45)c4cccc5c4sc4c6ccccc6ccc54)cc3)cccc2c1. The van der Waals surface area contributed by atoms with Crippen LogP contribution in [0.1, 0.15) is 0 Å². The van der Waals surface area contributed by atoms with Crippen molar-refractivity contribution in [2.75, 3.05) is 4.90 Å². The quantitative estimate of drug-likeness (QED) is 0.158. The smallest absolute Gasteiger partial charge is 0.0640 e. The summed E-state index contributed by atoms with van der Waals surface area (Å²) in [6.45, 7) is 0. The molecule has 1 heterocycles. The van der Waals surface area contributed by atoms with Crippen LogP contribution in [0.15, 0.2) is 212 Å². The lowest BCUT2D eigenvalue weighted by Gasteiger charge is -2.28. The van der Waals surface area contributed by atoms with E-state index in [2.05, 4.69) is 217 Å². The van der Waals surface area contributed by atoms with Crippen molar-refractivity contribution >= 4 is 102 Å². The van der Waals surface area contributed by atoms with Crippen LogP contribution in [-0.2, 0) is 0 Å². The third kappa shape index (κ3) is 5.09. The zero-order valence-electron chi connectivity index (χ0n) is 31.6. The van der Waals surface area contributed by atoms with E-state index < -0.39 is 0 Å². The van der Waals surface area contributed by atoms with E-state index in [1.807, 2.05) is 11.3 Å². The van der Waals surface area contributed by atoms with Crippen LogP contribution in [0.4, 0.5) is 17.1 Å². The number of hydrogen-bond donors (Lipinski definition) is 0. The first-order valence-electron chi connectivity index (χ1n) is 19.9. The van der Waals surface area contributed by atoms with Crippen LogP contribution in [0, 0.1) is 0 Å². The number of thiophene rings is 1. The van der Waals surface area contributed by atoms with Crippen LogP contribution in [-0.4, -0.2) is 0 Å². The maximum atomic E-state index is 2.50. The van der Waals surface area contributed by atoms with E-state index in [9.17, 15) is 0 Å². The Hall–Kier alpha value is -7.26. The molecule has 12 aromatic rings. The molecule has 0 aliphatic carbocycles. The summed E-state index contributed by atoms with van der Waals surface area (Å²) in [6.07, 6.45) is 0. The molecule has 0 amide bonds. The summed E-state index contributed by atoms with van der Waals surface area (Å²) in [5.41, 5.74) is 8.38. The van der Waals surface area contributed by atoms with Crippen LogP contribution in [0.25, 0.3) is 96.3 Å². The highest BCUT2D eigenvalue weighted by Crippen LogP contribution is 2.49. The van der Waals surface area contributed by atoms with Crippen molar-refractivity contribution < 1.29 is 0 Å². The summed E-state index contributed by atoms with van der Waals surface area (Å²) in [5, 5.41) is 15.2. The van der Waals surface area contributed by atoms with E-state index in [4.69, 9.17) is 0 Å². The molecule has 12 rings (SSSR count). The minimum atomic E-state index is 1.12. The lowest BCUT2D eigenvalue weighted by Crippen LogP contribution is -2.11. The highest BCUT2D eigenvalue weighted by Gasteiger charge is 2.22. The first-order chi connectivity index (χ1) is 28.8. The molecule has 270 valence electrons. The molecule has 11 aromatic carbocycles. The van der Waals surface area contributed by atoms with Gasteiger partial charge in [-0.2, -0.15) is 0 Å². The molecule has 0 unspecified atom stereocenters. The van der Waals surface area contributed by atoms with Gasteiger partial charge >= 0.3 is 0 Å². The van der Waals surface area contributed by atoms with Crippen molar-refractivity contribution in [3.8, 4) is 22.3 Å². The molecule has 0 aliphatic heterocycles. The molecule has 0 radical (unpaired) electrons. The van der Waals surface area contributed by atoms with Crippen molar-refractivity contribution in [1.29, 1.82) is 0 Å². The van der Waals surface area contributed by atoms with Crippen molar-refractivity contribution in [2.24, 2.45) is 0 Å². The Bertz CT molecular complexity index is 3570. The third-order valence-corrected chi connectivity index (χ3v) is 13.3. The van der Waals surface area contributed by atoms with E-state index in [0.29, 0.717) is 0 Å². The Labute approximate surface area is 340 Å². The molecule has 1 nitrogen and oxygen atoms in total. The largest absolute Gasteiger partial charge is 0.308 e. The summed E-state index contributed by atoms with van der Waals surface area (Å²) in [7, 11) is 0. The van der Waals surface area contributed by atoms with E-state index in [0.717, 1.165) is 11.4 Å². The van der Waals surface area contributed by atoms with Gasteiger partial charge in [-0.15, -0.1) is 11.3 Å². The van der Waals surface area contributed by atoms with Gasteiger partial charge in [0.15, 0.2) is 0 Å². The molecular formula is C56H35NS. The molecule has 0 atom stereocenters. The van der Waals surface area contributed by atoms with Gasteiger partial charge in [0.1, 0.15) is 0 Å². The first kappa shape index (κ1) is 32.9. The van der Waals surface area contributed by atoms with Gasteiger partial charge in [-0.05, 0) is 101 Å². The van der Waals surface area contributed by atoms with Gasteiger partial charge in [0.2, 0.25) is 0 Å². The molecule has 0 bridgehead atoms. The first-order valence-corrected chi connectivity index (χ1v) is 20.7.